The third-order valence-corrected chi connectivity index (χ3v) is 3.13. The number of aromatic nitrogens is 3. The number of nitrogens with one attached hydrogen (secondary N) is 1. The number of nitrogens with zero attached hydrogens (tertiary/aromatic N) is 3. The highest BCUT2D eigenvalue weighted by Gasteiger charge is 2.29. The molecule has 4 heteroatoms. The van der Waals surface area contributed by atoms with Crippen molar-refractivity contribution in [2.45, 2.75) is 33.2 Å². The molecule has 0 saturated carbocycles. The fourth-order valence-corrected chi connectivity index (χ4v) is 2.22. The number of hydrogen-bond donors (Lipinski definition) is 1. The molecule has 0 aromatic carbocycles. The van der Waals surface area contributed by atoms with Crippen LogP contribution in [-0.2, 0) is 6.54 Å². The van der Waals surface area contributed by atoms with Crippen LogP contribution >= 0.6 is 0 Å². The number of hydrogen-bond acceptors (Lipinski definition) is 3. The molecule has 1 fully saturated rings. The first kappa shape index (κ1) is 9.65. The highest BCUT2D eigenvalue weighted by molar-refractivity contribution is 5.06. The lowest BCUT2D eigenvalue weighted by atomic mass is 9.97. The smallest absolute Gasteiger partial charge is 0.137 e. The predicted octanol–water partition coefficient (Wildman–Crippen LogP) is 0.929. The molecule has 2 heterocycles. The molecule has 0 bridgehead atoms. The minimum Gasteiger partial charge on any atom is -0.316 e. The van der Waals surface area contributed by atoms with E-state index >= 15 is 0 Å². The zero-order valence-corrected chi connectivity index (χ0v) is 9.12. The first-order chi connectivity index (χ1) is 6.74. The summed E-state index contributed by atoms with van der Waals surface area (Å²) >= 11 is 0. The molecule has 78 valence electrons. The Labute approximate surface area is 84.7 Å². The van der Waals surface area contributed by atoms with Crippen LogP contribution in [0.2, 0.25) is 0 Å². The number of rotatable bonds is 2. The van der Waals surface area contributed by atoms with Crippen LogP contribution in [0.1, 0.15) is 31.4 Å². The molecule has 0 spiro atoms. The van der Waals surface area contributed by atoms with Crippen molar-refractivity contribution in [2.24, 2.45) is 5.92 Å². The van der Waals surface area contributed by atoms with Gasteiger partial charge in [-0.15, -0.1) is 10.2 Å². The van der Waals surface area contributed by atoms with Gasteiger partial charge in [-0.3, -0.25) is 0 Å². The van der Waals surface area contributed by atoms with E-state index in [0.29, 0.717) is 11.8 Å². The second-order valence-corrected chi connectivity index (χ2v) is 4.09. The van der Waals surface area contributed by atoms with Crippen molar-refractivity contribution in [3.63, 3.8) is 0 Å². The molecular formula is C10H18N4. The highest BCUT2D eigenvalue weighted by Crippen LogP contribution is 2.26. The molecule has 1 aliphatic rings. The highest BCUT2D eigenvalue weighted by atomic mass is 15.3. The average molecular weight is 194 g/mol. The van der Waals surface area contributed by atoms with Crippen LogP contribution in [0.4, 0.5) is 0 Å². The van der Waals surface area contributed by atoms with Gasteiger partial charge in [-0.2, -0.15) is 0 Å². The van der Waals surface area contributed by atoms with Crippen LogP contribution in [0.25, 0.3) is 0 Å². The summed E-state index contributed by atoms with van der Waals surface area (Å²) in [6.07, 6.45) is 0. The Kier molecular flexibility index (Phi) is 2.54. The van der Waals surface area contributed by atoms with Crippen molar-refractivity contribution in [3.05, 3.63) is 11.6 Å². The fourth-order valence-electron chi connectivity index (χ4n) is 2.22. The Morgan fingerprint density at radius 1 is 1.43 bits per heavy atom. The van der Waals surface area contributed by atoms with Crippen molar-refractivity contribution in [2.75, 3.05) is 13.1 Å². The summed E-state index contributed by atoms with van der Waals surface area (Å²) in [6.45, 7) is 9.55. The monoisotopic (exact) mass is 194 g/mol. The van der Waals surface area contributed by atoms with Gasteiger partial charge in [0.15, 0.2) is 0 Å². The van der Waals surface area contributed by atoms with Crippen LogP contribution in [0.5, 0.6) is 0 Å². The largest absolute Gasteiger partial charge is 0.316 e. The summed E-state index contributed by atoms with van der Waals surface area (Å²) < 4.78 is 2.22. The van der Waals surface area contributed by atoms with E-state index in [-0.39, 0.29) is 0 Å². The summed E-state index contributed by atoms with van der Waals surface area (Å²) in [5.41, 5.74) is 0. The molecule has 2 atom stereocenters. The molecule has 2 rings (SSSR count). The number of aryl methyl sites for hydroxylation is 1. The lowest BCUT2D eigenvalue weighted by molar-refractivity contribution is 0.515. The van der Waals surface area contributed by atoms with E-state index in [2.05, 4.69) is 33.9 Å². The Bertz CT molecular complexity index is 318. The molecule has 1 N–H and O–H groups in total. The molecule has 0 radical (unpaired) electrons. The maximum atomic E-state index is 4.29. The fraction of sp³-hybridized carbons (Fsp3) is 0.800. The summed E-state index contributed by atoms with van der Waals surface area (Å²) in [6, 6.07) is 0. The van der Waals surface area contributed by atoms with Gasteiger partial charge in [0.1, 0.15) is 11.6 Å². The molecular weight excluding hydrogens is 176 g/mol. The van der Waals surface area contributed by atoms with E-state index in [9.17, 15) is 0 Å². The molecule has 0 amide bonds. The first-order valence-electron chi connectivity index (χ1n) is 5.34. The predicted molar refractivity (Wildman–Crippen MR) is 55.2 cm³/mol. The van der Waals surface area contributed by atoms with Gasteiger partial charge in [0.2, 0.25) is 0 Å². The van der Waals surface area contributed by atoms with Crippen LogP contribution in [-0.4, -0.2) is 27.9 Å². The van der Waals surface area contributed by atoms with Crippen LogP contribution in [0.3, 0.4) is 0 Å². The van der Waals surface area contributed by atoms with Crippen LogP contribution < -0.4 is 5.32 Å². The second kappa shape index (κ2) is 3.69. The SMILES string of the molecule is CCn1c(C)nnc1C1CNCC1C. The van der Waals surface area contributed by atoms with E-state index < -0.39 is 0 Å². The summed E-state index contributed by atoms with van der Waals surface area (Å²) in [7, 11) is 0. The zero-order chi connectivity index (χ0) is 10.1. The van der Waals surface area contributed by atoms with E-state index in [4.69, 9.17) is 0 Å². The van der Waals surface area contributed by atoms with E-state index in [0.717, 1.165) is 31.3 Å². The summed E-state index contributed by atoms with van der Waals surface area (Å²) in [5, 5.41) is 11.8. The van der Waals surface area contributed by atoms with E-state index in [1.165, 1.54) is 0 Å². The quantitative estimate of drug-likeness (QED) is 0.761. The Morgan fingerprint density at radius 3 is 2.79 bits per heavy atom. The molecule has 14 heavy (non-hydrogen) atoms. The summed E-state index contributed by atoms with van der Waals surface area (Å²) in [4.78, 5) is 0. The lowest BCUT2D eigenvalue weighted by Crippen LogP contribution is -2.15. The molecule has 1 saturated heterocycles. The van der Waals surface area contributed by atoms with E-state index in [1.807, 2.05) is 6.92 Å². The van der Waals surface area contributed by atoms with Gasteiger partial charge >= 0.3 is 0 Å². The normalized spacial score (nSPS) is 27.1. The molecule has 1 aliphatic heterocycles. The summed E-state index contributed by atoms with van der Waals surface area (Å²) in [5.74, 6) is 3.39. The van der Waals surface area contributed by atoms with Crippen LogP contribution in [0.15, 0.2) is 0 Å². The first-order valence-corrected chi connectivity index (χ1v) is 5.34. The van der Waals surface area contributed by atoms with Crippen molar-refractivity contribution < 1.29 is 0 Å². The second-order valence-electron chi connectivity index (χ2n) is 4.09. The molecule has 0 aliphatic carbocycles. The van der Waals surface area contributed by atoms with Crippen molar-refractivity contribution in [1.29, 1.82) is 0 Å². The molecule has 2 unspecified atom stereocenters. The van der Waals surface area contributed by atoms with Gasteiger partial charge < -0.3 is 9.88 Å². The maximum absolute atomic E-state index is 4.29. The maximum Gasteiger partial charge on any atom is 0.137 e. The van der Waals surface area contributed by atoms with Gasteiger partial charge in [0.05, 0.1) is 0 Å². The van der Waals surface area contributed by atoms with Gasteiger partial charge in [0, 0.05) is 19.0 Å². The van der Waals surface area contributed by atoms with E-state index in [1.54, 1.807) is 0 Å². The molecule has 4 nitrogen and oxygen atoms in total. The van der Waals surface area contributed by atoms with Crippen molar-refractivity contribution in [1.82, 2.24) is 20.1 Å². The minimum atomic E-state index is 0.538. The van der Waals surface area contributed by atoms with Crippen LogP contribution in [0, 0.1) is 12.8 Å². The Morgan fingerprint density at radius 2 is 2.21 bits per heavy atom. The molecule has 1 aromatic rings. The zero-order valence-electron chi connectivity index (χ0n) is 9.12. The standard InChI is InChI=1S/C10H18N4/c1-4-14-8(3)12-13-10(14)9-6-11-5-7(9)2/h7,9,11H,4-6H2,1-3H3. The lowest BCUT2D eigenvalue weighted by Gasteiger charge is -2.14. The van der Waals surface area contributed by atoms with Gasteiger partial charge in [-0.05, 0) is 26.3 Å². The van der Waals surface area contributed by atoms with Gasteiger partial charge in [-0.25, -0.2) is 0 Å². The third-order valence-electron chi connectivity index (χ3n) is 3.13. The van der Waals surface area contributed by atoms with Gasteiger partial charge in [0.25, 0.3) is 0 Å². The molecule has 1 aromatic heterocycles. The Hall–Kier alpha value is -0.900. The van der Waals surface area contributed by atoms with Crippen molar-refractivity contribution >= 4 is 0 Å². The average Bonchev–Trinajstić information content (AvgIpc) is 2.71. The Balaban J connectivity index is 2.30. The van der Waals surface area contributed by atoms with Crippen molar-refractivity contribution in [3.8, 4) is 0 Å². The minimum absolute atomic E-state index is 0.538. The third kappa shape index (κ3) is 1.43. The topological polar surface area (TPSA) is 42.7 Å². The van der Waals surface area contributed by atoms with Gasteiger partial charge in [-0.1, -0.05) is 6.92 Å².